The Morgan fingerprint density at radius 2 is 2.03 bits per heavy atom. The molecule has 0 radical (unpaired) electrons. The van der Waals surface area contributed by atoms with E-state index in [1.807, 2.05) is 0 Å². The van der Waals surface area contributed by atoms with Crippen LogP contribution in [0.15, 0.2) is 34.4 Å². The SMILES string of the molecule is NC1CC2CC(C1)N(c1nc3ncc(Sc4cccnc4C(F)(F)F)nc3[nH]1)C2. The summed E-state index contributed by atoms with van der Waals surface area (Å²) in [5, 5.41) is 0.341. The quantitative estimate of drug-likeness (QED) is 0.670. The van der Waals surface area contributed by atoms with E-state index in [4.69, 9.17) is 5.73 Å². The van der Waals surface area contributed by atoms with E-state index >= 15 is 0 Å². The van der Waals surface area contributed by atoms with Crippen LogP contribution in [0.2, 0.25) is 0 Å². The van der Waals surface area contributed by atoms with Crippen molar-refractivity contribution in [2.75, 3.05) is 11.4 Å². The number of rotatable bonds is 3. The summed E-state index contributed by atoms with van der Waals surface area (Å²) < 4.78 is 39.5. The highest BCUT2D eigenvalue weighted by atomic mass is 32.2. The summed E-state index contributed by atoms with van der Waals surface area (Å²) in [6.45, 7) is 0.893. The lowest BCUT2D eigenvalue weighted by molar-refractivity contribution is -0.143. The fourth-order valence-corrected chi connectivity index (χ4v) is 5.17. The number of fused-ring (bicyclic) bond motifs is 3. The molecule has 1 aliphatic carbocycles. The molecule has 0 spiro atoms. The van der Waals surface area contributed by atoms with Gasteiger partial charge in [0.25, 0.3) is 0 Å². The van der Waals surface area contributed by atoms with Crippen LogP contribution in [0, 0.1) is 5.92 Å². The van der Waals surface area contributed by atoms with Gasteiger partial charge in [0.2, 0.25) is 5.95 Å². The van der Waals surface area contributed by atoms with Crippen molar-refractivity contribution in [3.8, 4) is 0 Å². The summed E-state index contributed by atoms with van der Waals surface area (Å²) >= 11 is 0.879. The number of nitrogens with two attached hydrogens (primary N) is 1. The maximum Gasteiger partial charge on any atom is 0.434 e. The second-order valence-corrected chi connectivity index (χ2v) is 8.59. The lowest BCUT2D eigenvalue weighted by atomic mass is 9.87. The third-order valence-corrected chi connectivity index (χ3v) is 6.37. The van der Waals surface area contributed by atoms with Crippen LogP contribution in [0.25, 0.3) is 11.3 Å². The molecule has 29 heavy (non-hydrogen) atoms. The van der Waals surface area contributed by atoms with Crippen molar-refractivity contribution in [3.05, 3.63) is 30.2 Å². The number of pyridine rings is 1. The van der Waals surface area contributed by atoms with Gasteiger partial charge in [-0.05, 0) is 37.3 Å². The molecule has 152 valence electrons. The van der Waals surface area contributed by atoms with Crippen molar-refractivity contribution in [1.82, 2.24) is 24.9 Å². The highest BCUT2D eigenvalue weighted by Gasteiger charge is 2.39. The number of halogens is 3. The molecule has 5 rings (SSSR count). The fourth-order valence-electron chi connectivity index (χ4n) is 4.29. The van der Waals surface area contributed by atoms with Crippen LogP contribution in [0.5, 0.6) is 0 Å². The van der Waals surface area contributed by atoms with Gasteiger partial charge < -0.3 is 15.6 Å². The van der Waals surface area contributed by atoms with Gasteiger partial charge in [0.05, 0.1) is 6.20 Å². The number of alkyl halides is 3. The molecule has 2 bridgehead atoms. The average Bonchev–Trinajstić information content (AvgIpc) is 3.21. The van der Waals surface area contributed by atoms with E-state index in [1.165, 1.54) is 18.3 Å². The summed E-state index contributed by atoms with van der Waals surface area (Å²) in [6.07, 6.45) is 1.09. The van der Waals surface area contributed by atoms with Crippen LogP contribution < -0.4 is 10.6 Å². The number of aromatic nitrogens is 5. The monoisotopic (exact) mass is 421 g/mol. The van der Waals surface area contributed by atoms with Gasteiger partial charge in [0.15, 0.2) is 17.0 Å². The van der Waals surface area contributed by atoms with E-state index in [9.17, 15) is 13.2 Å². The summed E-state index contributed by atoms with van der Waals surface area (Å²) in [5.74, 6) is 1.26. The van der Waals surface area contributed by atoms with Gasteiger partial charge in [-0.3, -0.25) is 4.98 Å². The number of hydrogen-bond acceptors (Lipinski definition) is 7. The highest BCUT2D eigenvalue weighted by Crippen LogP contribution is 2.39. The van der Waals surface area contributed by atoms with Crippen molar-refractivity contribution >= 4 is 29.0 Å². The Bertz CT molecular complexity index is 1050. The van der Waals surface area contributed by atoms with E-state index in [0.717, 1.165) is 43.8 Å². The number of nitrogens with one attached hydrogen (secondary N) is 1. The molecule has 11 heteroatoms. The lowest BCUT2D eigenvalue weighted by Gasteiger charge is -2.27. The topological polar surface area (TPSA) is 96.6 Å². The Morgan fingerprint density at radius 1 is 1.17 bits per heavy atom. The number of H-pyrrole nitrogens is 1. The smallest absolute Gasteiger partial charge is 0.339 e. The molecule has 7 nitrogen and oxygen atoms in total. The number of anilines is 1. The second kappa shape index (κ2) is 6.84. The van der Waals surface area contributed by atoms with Crippen LogP contribution in [0.1, 0.15) is 25.0 Å². The van der Waals surface area contributed by atoms with E-state index < -0.39 is 11.9 Å². The predicted octanol–water partition coefficient (Wildman–Crippen LogP) is 3.23. The standard InChI is InChI=1S/C18H18F3N7S/c19-18(20,21)14-12(2-1-3-23-14)29-13-7-24-15-16(25-13)27-17(26-15)28-8-9-4-10(22)6-11(28)5-9/h1-3,7,9-11H,4-6,8,22H2,(H,24,25,26,27). The van der Waals surface area contributed by atoms with Gasteiger partial charge in [0, 0.05) is 29.7 Å². The van der Waals surface area contributed by atoms with Gasteiger partial charge in [0.1, 0.15) is 5.03 Å². The molecule has 1 saturated heterocycles. The average molecular weight is 421 g/mol. The number of nitrogens with zero attached hydrogens (tertiary/aromatic N) is 5. The van der Waals surface area contributed by atoms with Crippen molar-refractivity contribution in [3.63, 3.8) is 0 Å². The Hall–Kier alpha value is -2.40. The second-order valence-electron chi connectivity index (χ2n) is 7.53. The third-order valence-electron chi connectivity index (χ3n) is 5.41. The zero-order valence-corrected chi connectivity index (χ0v) is 16.0. The first-order valence-corrected chi connectivity index (χ1v) is 10.1. The summed E-state index contributed by atoms with van der Waals surface area (Å²) in [6, 6.07) is 3.41. The first-order valence-electron chi connectivity index (χ1n) is 9.32. The van der Waals surface area contributed by atoms with E-state index in [1.54, 1.807) is 0 Å². The fraction of sp³-hybridized carbons (Fsp3) is 0.444. The molecule has 3 N–H and O–H groups in total. The normalized spacial score (nSPS) is 24.4. The molecule has 1 aliphatic heterocycles. The maximum atomic E-state index is 13.2. The Morgan fingerprint density at radius 3 is 2.86 bits per heavy atom. The molecular formula is C18H18F3N7S. The Labute approximate surface area is 168 Å². The minimum Gasteiger partial charge on any atom is -0.339 e. The van der Waals surface area contributed by atoms with E-state index in [0.29, 0.717) is 34.2 Å². The number of hydrogen-bond donors (Lipinski definition) is 2. The molecule has 0 aromatic carbocycles. The Kier molecular flexibility index (Phi) is 4.39. The number of aromatic amines is 1. The molecule has 0 amide bonds. The third kappa shape index (κ3) is 3.52. The summed E-state index contributed by atoms with van der Waals surface area (Å²) in [5.41, 5.74) is 6.10. The first-order chi connectivity index (χ1) is 13.9. The van der Waals surface area contributed by atoms with Crippen LogP contribution in [-0.4, -0.2) is 43.5 Å². The molecule has 3 aromatic rings. The van der Waals surface area contributed by atoms with Crippen LogP contribution in [-0.2, 0) is 6.18 Å². The van der Waals surface area contributed by atoms with Gasteiger partial charge >= 0.3 is 6.18 Å². The van der Waals surface area contributed by atoms with E-state index in [2.05, 4.69) is 29.8 Å². The minimum absolute atomic E-state index is 0.0179. The molecule has 3 aromatic heterocycles. The van der Waals surface area contributed by atoms with Crippen molar-refractivity contribution in [2.45, 2.75) is 47.4 Å². The molecular weight excluding hydrogens is 403 g/mol. The summed E-state index contributed by atoms with van der Waals surface area (Å²) in [4.78, 5) is 22.1. The minimum atomic E-state index is -4.53. The van der Waals surface area contributed by atoms with Crippen LogP contribution in [0.4, 0.5) is 19.1 Å². The lowest BCUT2D eigenvalue weighted by Crippen LogP contribution is -2.36. The molecule has 1 saturated carbocycles. The molecule has 2 fully saturated rings. The molecule has 2 aliphatic rings. The molecule has 4 heterocycles. The van der Waals surface area contributed by atoms with Gasteiger partial charge in [-0.1, -0.05) is 11.8 Å². The van der Waals surface area contributed by atoms with Crippen LogP contribution >= 0.6 is 11.8 Å². The maximum absolute atomic E-state index is 13.2. The van der Waals surface area contributed by atoms with Crippen molar-refractivity contribution in [1.29, 1.82) is 0 Å². The predicted molar refractivity (Wildman–Crippen MR) is 101 cm³/mol. The van der Waals surface area contributed by atoms with E-state index in [-0.39, 0.29) is 10.9 Å². The Balaban J connectivity index is 1.42. The van der Waals surface area contributed by atoms with Gasteiger partial charge in [-0.15, -0.1) is 0 Å². The first kappa shape index (κ1) is 18.6. The van der Waals surface area contributed by atoms with Crippen molar-refractivity contribution < 1.29 is 13.2 Å². The zero-order valence-electron chi connectivity index (χ0n) is 15.2. The molecule has 3 unspecified atom stereocenters. The van der Waals surface area contributed by atoms with Crippen molar-refractivity contribution in [2.24, 2.45) is 11.7 Å². The summed E-state index contributed by atoms with van der Waals surface area (Å²) in [7, 11) is 0. The van der Waals surface area contributed by atoms with Gasteiger partial charge in [-0.25, -0.2) is 9.97 Å². The highest BCUT2D eigenvalue weighted by molar-refractivity contribution is 7.99. The van der Waals surface area contributed by atoms with Gasteiger partial charge in [-0.2, -0.15) is 18.2 Å². The number of imidazole rings is 1. The molecule has 3 atom stereocenters. The van der Waals surface area contributed by atoms with Crippen LogP contribution in [0.3, 0.4) is 0 Å². The largest absolute Gasteiger partial charge is 0.434 e. The zero-order chi connectivity index (χ0) is 20.2.